The van der Waals surface area contributed by atoms with E-state index in [1.54, 1.807) is 0 Å². The molecule has 26 heavy (non-hydrogen) atoms. The van der Waals surface area contributed by atoms with Gasteiger partial charge in [0.05, 0.1) is 13.2 Å². The summed E-state index contributed by atoms with van der Waals surface area (Å²) in [5.41, 5.74) is 0. The van der Waals surface area contributed by atoms with Gasteiger partial charge in [0.1, 0.15) is 48.8 Å². The van der Waals surface area contributed by atoms with Gasteiger partial charge in [-0.2, -0.15) is 0 Å². The van der Waals surface area contributed by atoms with Crippen LogP contribution in [0.1, 0.15) is 0 Å². The zero-order valence-electron chi connectivity index (χ0n) is 13.3. The van der Waals surface area contributed by atoms with E-state index in [2.05, 4.69) is 9.47 Å². The first kappa shape index (κ1) is 21.2. The van der Waals surface area contributed by atoms with Gasteiger partial charge in [-0.1, -0.05) is 0 Å². The smallest absolute Gasteiger partial charge is 0.401 e. The summed E-state index contributed by atoms with van der Waals surface area (Å²) >= 11 is 0. The first-order valence-corrected chi connectivity index (χ1v) is 7.69. The van der Waals surface area contributed by atoms with Crippen molar-refractivity contribution in [3.05, 3.63) is 0 Å². The molecule has 13 heteroatoms. The predicted molar refractivity (Wildman–Crippen MR) is 75.1 cm³/mol. The Morgan fingerprint density at radius 1 is 0.769 bits per heavy atom. The lowest BCUT2D eigenvalue weighted by Gasteiger charge is -2.19. The zero-order valence-corrected chi connectivity index (χ0v) is 13.3. The number of ether oxygens (including phenoxy) is 4. The van der Waals surface area contributed by atoms with E-state index in [-0.39, 0.29) is 0 Å². The van der Waals surface area contributed by atoms with Gasteiger partial charge in [-0.25, -0.2) is 4.79 Å². The van der Waals surface area contributed by atoms with Crippen LogP contribution in [0.5, 0.6) is 0 Å². The van der Waals surface area contributed by atoms with Crippen LogP contribution in [0.4, 0.5) is 4.79 Å². The van der Waals surface area contributed by atoms with Gasteiger partial charge in [0, 0.05) is 0 Å². The highest BCUT2D eigenvalue weighted by molar-refractivity contribution is 5.60. The van der Waals surface area contributed by atoms with E-state index >= 15 is 0 Å². The maximum Gasteiger partial charge on any atom is 0.513 e. The van der Waals surface area contributed by atoms with Crippen LogP contribution < -0.4 is 0 Å². The second-order valence-electron chi connectivity index (χ2n) is 5.89. The summed E-state index contributed by atoms with van der Waals surface area (Å²) in [4.78, 5) is 11.7. The number of aliphatic hydroxyl groups is 8. The van der Waals surface area contributed by atoms with E-state index in [0.29, 0.717) is 0 Å². The van der Waals surface area contributed by atoms with Gasteiger partial charge in [-0.15, -0.1) is 0 Å². The van der Waals surface area contributed by atoms with Gasteiger partial charge in [-0.05, 0) is 0 Å². The zero-order chi connectivity index (χ0) is 19.6. The first-order valence-electron chi connectivity index (χ1n) is 7.69. The molecule has 0 radical (unpaired) electrons. The predicted octanol–water partition coefficient (Wildman–Crippen LogP) is -5.26. The molecule has 2 heterocycles. The summed E-state index contributed by atoms with van der Waals surface area (Å²) < 4.78 is 19.1. The second-order valence-corrected chi connectivity index (χ2v) is 5.89. The molecule has 2 aliphatic rings. The number of hydrogen-bond donors (Lipinski definition) is 8. The van der Waals surface area contributed by atoms with Gasteiger partial charge in [0.15, 0.2) is 0 Å². The van der Waals surface area contributed by atoms with E-state index in [1.165, 1.54) is 0 Å². The van der Waals surface area contributed by atoms with Crippen LogP contribution in [-0.4, -0.2) is 122 Å². The second kappa shape index (κ2) is 8.71. The summed E-state index contributed by atoms with van der Waals surface area (Å²) in [5, 5.41) is 75.5. The minimum Gasteiger partial charge on any atom is -0.401 e. The Balaban J connectivity index is 1.91. The number of carbonyl (C=O) groups excluding carboxylic acids is 1. The molecule has 0 unspecified atom stereocenters. The highest BCUT2D eigenvalue weighted by atomic mass is 16.8. The number of carbonyl (C=O) groups is 1. The monoisotopic (exact) mass is 386 g/mol. The number of aliphatic hydroxyl groups excluding tert-OH is 8. The molecule has 0 amide bonds. The fourth-order valence-electron chi connectivity index (χ4n) is 2.60. The van der Waals surface area contributed by atoms with Crippen LogP contribution in [0.2, 0.25) is 0 Å². The van der Waals surface area contributed by atoms with Gasteiger partial charge < -0.3 is 59.8 Å². The Labute approximate surface area is 146 Å². The molecule has 10 atom stereocenters. The van der Waals surface area contributed by atoms with Crippen molar-refractivity contribution in [3.63, 3.8) is 0 Å². The van der Waals surface area contributed by atoms with Gasteiger partial charge in [0.2, 0.25) is 12.6 Å². The Hall–Kier alpha value is -1.13. The van der Waals surface area contributed by atoms with Crippen LogP contribution in [0.15, 0.2) is 0 Å². The summed E-state index contributed by atoms with van der Waals surface area (Å²) in [6, 6.07) is 0. The number of rotatable bonds is 6. The molecule has 8 N–H and O–H groups in total. The first-order chi connectivity index (χ1) is 12.2. The van der Waals surface area contributed by atoms with Crippen molar-refractivity contribution in [2.75, 3.05) is 13.2 Å². The van der Waals surface area contributed by atoms with Crippen molar-refractivity contribution in [1.82, 2.24) is 0 Å². The molecule has 0 aromatic carbocycles. The highest BCUT2D eigenvalue weighted by Crippen LogP contribution is 2.27. The molecule has 13 nitrogen and oxygen atoms in total. The molecular weight excluding hydrogens is 364 g/mol. The Morgan fingerprint density at radius 2 is 1.12 bits per heavy atom. The number of hydrogen-bond acceptors (Lipinski definition) is 13. The molecule has 152 valence electrons. The third kappa shape index (κ3) is 4.23. The Morgan fingerprint density at radius 3 is 1.42 bits per heavy atom. The molecule has 0 saturated carbocycles. The molecule has 0 aliphatic carbocycles. The standard InChI is InChI=1S/C13H22O13/c14-1-3(16)9-5(18)7(20)11(23-9)25-13(22)26-12-8(21)6(19)10(24-12)4(17)2-15/h3-12,14-21H,1-2H2/t3-,4-,5+,6+,7-,8-,9+,10+,11+,12+/m0/s1. The SMILES string of the molecule is O=C(O[C@H]1O[C@H]([C@@H](O)CO)[C@H](O)[C@@H]1O)O[C@H]1O[C@H]([C@@H](O)CO)[C@H](O)[C@@H]1O. The Bertz CT molecular complexity index is 435. The van der Waals surface area contributed by atoms with Gasteiger partial charge >= 0.3 is 6.16 Å². The van der Waals surface area contributed by atoms with Crippen LogP contribution in [0, 0.1) is 0 Å². The maximum atomic E-state index is 11.7. The lowest BCUT2D eigenvalue weighted by Crippen LogP contribution is -2.41. The molecule has 2 rings (SSSR count). The van der Waals surface area contributed by atoms with Crippen molar-refractivity contribution in [3.8, 4) is 0 Å². The topological polar surface area (TPSA) is 216 Å². The van der Waals surface area contributed by atoms with Crippen LogP contribution in [-0.2, 0) is 18.9 Å². The van der Waals surface area contributed by atoms with Gasteiger partial charge in [0.25, 0.3) is 0 Å². The summed E-state index contributed by atoms with van der Waals surface area (Å²) in [6.45, 7) is -1.56. The Kier molecular flexibility index (Phi) is 7.09. The molecule has 0 aromatic rings. The minimum absolute atomic E-state index is 0.778. The van der Waals surface area contributed by atoms with E-state index in [9.17, 15) is 35.4 Å². The fourth-order valence-corrected chi connectivity index (χ4v) is 2.60. The van der Waals surface area contributed by atoms with Crippen molar-refractivity contribution >= 4 is 6.16 Å². The van der Waals surface area contributed by atoms with Crippen LogP contribution in [0.25, 0.3) is 0 Å². The average Bonchev–Trinajstić information content (AvgIpc) is 3.05. The fraction of sp³-hybridized carbons (Fsp3) is 0.923. The average molecular weight is 386 g/mol. The van der Waals surface area contributed by atoms with Crippen molar-refractivity contribution in [1.29, 1.82) is 0 Å². The molecule has 0 aromatic heterocycles. The van der Waals surface area contributed by atoms with Gasteiger partial charge in [-0.3, -0.25) is 0 Å². The molecule has 0 spiro atoms. The van der Waals surface area contributed by atoms with E-state index in [4.69, 9.17) is 19.7 Å². The maximum absolute atomic E-state index is 11.7. The van der Waals surface area contributed by atoms with E-state index in [0.717, 1.165) is 0 Å². The molecule has 2 aliphatic heterocycles. The molecular formula is C13H22O13. The molecule has 2 fully saturated rings. The van der Waals surface area contributed by atoms with E-state index in [1.807, 2.05) is 0 Å². The van der Waals surface area contributed by atoms with Crippen molar-refractivity contribution in [2.45, 2.75) is 61.4 Å². The van der Waals surface area contributed by atoms with Crippen molar-refractivity contribution in [2.24, 2.45) is 0 Å². The quantitative estimate of drug-likeness (QED) is 0.200. The van der Waals surface area contributed by atoms with E-state index < -0.39 is 80.8 Å². The lowest BCUT2D eigenvalue weighted by atomic mass is 10.1. The molecule has 2 saturated heterocycles. The highest BCUT2D eigenvalue weighted by Gasteiger charge is 2.50. The third-order valence-corrected chi connectivity index (χ3v) is 4.07. The van der Waals surface area contributed by atoms with Crippen molar-refractivity contribution < 1.29 is 64.6 Å². The minimum atomic E-state index is -1.75. The van der Waals surface area contributed by atoms with Crippen LogP contribution >= 0.6 is 0 Å². The van der Waals surface area contributed by atoms with Crippen LogP contribution in [0.3, 0.4) is 0 Å². The largest absolute Gasteiger partial charge is 0.513 e. The third-order valence-electron chi connectivity index (χ3n) is 4.07. The summed E-state index contributed by atoms with van der Waals surface area (Å²) in [5.74, 6) is 0. The summed E-state index contributed by atoms with van der Waals surface area (Å²) in [7, 11) is 0. The summed E-state index contributed by atoms with van der Waals surface area (Å²) in [6.07, 6.45) is -17.8. The molecule has 0 bridgehead atoms. The lowest BCUT2D eigenvalue weighted by molar-refractivity contribution is -0.196. The normalized spacial score (nSPS) is 42.5.